The first-order chi connectivity index (χ1) is 11.1. The number of benzene rings is 1. The molecule has 3 N–H and O–H groups in total. The van der Waals surface area contributed by atoms with E-state index in [9.17, 15) is 13.6 Å². The van der Waals surface area contributed by atoms with Crippen LogP contribution in [0, 0.1) is 0 Å². The van der Waals surface area contributed by atoms with Gasteiger partial charge in [-0.3, -0.25) is 9.79 Å². The molecule has 0 bridgehead atoms. The number of nitrogens with one attached hydrogen (secondary N) is 3. The van der Waals surface area contributed by atoms with E-state index in [1.807, 2.05) is 6.92 Å². The monoisotopic (exact) mass is 328 g/mol. The van der Waals surface area contributed by atoms with E-state index in [0.717, 1.165) is 6.42 Å². The van der Waals surface area contributed by atoms with Crippen molar-refractivity contribution in [1.29, 1.82) is 0 Å². The van der Waals surface area contributed by atoms with Crippen molar-refractivity contribution >= 4 is 11.9 Å². The van der Waals surface area contributed by atoms with Gasteiger partial charge in [0.25, 0.3) is 0 Å². The zero-order valence-electron chi connectivity index (χ0n) is 13.2. The van der Waals surface area contributed by atoms with Gasteiger partial charge in [-0.25, -0.2) is 0 Å². The highest BCUT2D eigenvalue weighted by Crippen LogP contribution is 2.19. The average Bonchev–Trinajstić information content (AvgIpc) is 2.53. The summed E-state index contributed by atoms with van der Waals surface area (Å²) in [6, 6.07) is 6.49. The maximum atomic E-state index is 12.4. The third-order valence-electron chi connectivity index (χ3n) is 2.85. The summed E-state index contributed by atoms with van der Waals surface area (Å²) in [7, 11) is 1.56. The van der Waals surface area contributed by atoms with Gasteiger partial charge >= 0.3 is 6.61 Å². The maximum Gasteiger partial charge on any atom is 0.387 e. The van der Waals surface area contributed by atoms with Crippen LogP contribution in [0.4, 0.5) is 8.78 Å². The van der Waals surface area contributed by atoms with E-state index in [0.29, 0.717) is 18.1 Å². The van der Waals surface area contributed by atoms with E-state index in [4.69, 9.17) is 0 Å². The third-order valence-corrected chi connectivity index (χ3v) is 2.85. The zero-order chi connectivity index (χ0) is 17.1. The van der Waals surface area contributed by atoms with Crippen molar-refractivity contribution in [3.63, 3.8) is 0 Å². The number of para-hydroxylation sites is 1. The normalized spacial score (nSPS) is 11.3. The number of hydrogen-bond donors (Lipinski definition) is 3. The Kier molecular flexibility index (Phi) is 8.41. The number of rotatable bonds is 8. The van der Waals surface area contributed by atoms with Gasteiger partial charge in [0.05, 0.1) is 6.54 Å². The Bertz CT molecular complexity index is 524. The van der Waals surface area contributed by atoms with Crippen LogP contribution < -0.4 is 20.7 Å². The maximum absolute atomic E-state index is 12.4. The van der Waals surface area contributed by atoms with Gasteiger partial charge < -0.3 is 20.7 Å². The number of ether oxygens (including phenoxy) is 1. The molecule has 128 valence electrons. The van der Waals surface area contributed by atoms with E-state index in [1.165, 1.54) is 6.07 Å². The number of aliphatic imine (C=N–C) groups is 1. The Morgan fingerprint density at radius 3 is 2.65 bits per heavy atom. The highest BCUT2D eigenvalue weighted by Gasteiger charge is 2.09. The molecule has 0 aliphatic carbocycles. The SMILES string of the molecule is CCCNC(=O)CNC(=NC)NCc1ccccc1OC(F)F. The molecule has 23 heavy (non-hydrogen) atoms. The Hall–Kier alpha value is -2.38. The van der Waals surface area contributed by atoms with Gasteiger partial charge in [0.1, 0.15) is 5.75 Å². The van der Waals surface area contributed by atoms with Crippen LogP contribution in [0.15, 0.2) is 29.3 Å². The van der Waals surface area contributed by atoms with Gasteiger partial charge in [0.2, 0.25) is 5.91 Å². The zero-order valence-corrected chi connectivity index (χ0v) is 13.2. The molecule has 1 rings (SSSR count). The van der Waals surface area contributed by atoms with Crippen LogP contribution in [0.2, 0.25) is 0 Å². The summed E-state index contributed by atoms with van der Waals surface area (Å²) in [4.78, 5) is 15.5. The second-order valence-electron chi connectivity index (χ2n) is 4.62. The number of carbonyl (C=O) groups is 1. The van der Waals surface area contributed by atoms with Gasteiger partial charge in [-0.1, -0.05) is 25.1 Å². The van der Waals surface area contributed by atoms with Crippen molar-refractivity contribution < 1.29 is 18.3 Å². The smallest absolute Gasteiger partial charge is 0.387 e. The molecular formula is C15H22F2N4O2. The Labute approximate surface area is 134 Å². The fraction of sp³-hybridized carbons (Fsp3) is 0.467. The molecule has 8 heteroatoms. The highest BCUT2D eigenvalue weighted by molar-refractivity contribution is 5.86. The molecule has 0 heterocycles. The van der Waals surface area contributed by atoms with E-state index in [1.54, 1.807) is 25.2 Å². The van der Waals surface area contributed by atoms with Gasteiger partial charge in [-0.05, 0) is 12.5 Å². The summed E-state index contributed by atoms with van der Waals surface area (Å²) < 4.78 is 29.2. The molecule has 0 atom stereocenters. The van der Waals surface area contributed by atoms with E-state index < -0.39 is 6.61 Å². The Balaban J connectivity index is 2.50. The first kappa shape index (κ1) is 18.7. The van der Waals surface area contributed by atoms with Crippen molar-refractivity contribution in [1.82, 2.24) is 16.0 Å². The van der Waals surface area contributed by atoms with Crippen molar-refractivity contribution in [2.45, 2.75) is 26.5 Å². The largest absolute Gasteiger partial charge is 0.434 e. The summed E-state index contributed by atoms with van der Waals surface area (Å²) in [6.07, 6.45) is 0.861. The molecule has 1 aromatic rings. The minimum Gasteiger partial charge on any atom is -0.434 e. The molecule has 0 fully saturated rings. The molecule has 0 aliphatic rings. The molecule has 1 aromatic carbocycles. The number of nitrogens with zero attached hydrogens (tertiary/aromatic N) is 1. The van der Waals surface area contributed by atoms with Gasteiger partial charge in [0, 0.05) is 25.7 Å². The lowest BCUT2D eigenvalue weighted by Crippen LogP contribution is -2.43. The molecule has 0 spiro atoms. The predicted molar refractivity (Wildman–Crippen MR) is 84.6 cm³/mol. The first-order valence-electron chi connectivity index (χ1n) is 7.30. The summed E-state index contributed by atoms with van der Waals surface area (Å²) in [5.41, 5.74) is 0.561. The van der Waals surface area contributed by atoms with Crippen molar-refractivity contribution in [3.8, 4) is 5.75 Å². The summed E-state index contributed by atoms with van der Waals surface area (Å²) in [5, 5.41) is 8.52. The second-order valence-corrected chi connectivity index (χ2v) is 4.62. The molecule has 0 aliphatic heterocycles. The van der Waals surface area contributed by atoms with Crippen LogP contribution >= 0.6 is 0 Å². The van der Waals surface area contributed by atoms with Crippen LogP contribution in [0.1, 0.15) is 18.9 Å². The molecule has 0 aromatic heterocycles. The minimum atomic E-state index is -2.88. The highest BCUT2D eigenvalue weighted by atomic mass is 19.3. The molecule has 0 unspecified atom stereocenters. The standard InChI is InChI=1S/C15H22F2N4O2/c1-3-8-19-13(22)10-21-15(18-2)20-9-11-6-4-5-7-12(11)23-14(16)17/h4-7,14H,3,8-10H2,1-2H3,(H,19,22)(H2,18,20,21). The van der Waals surface area contributed by atoms with Crippen LogP contribution in [0.5, 0.6) is 5.75 Å². The van der Waals surface area contributed by atoms with Gasteiger partial charge in [0.15, 0.2) is 5.96 Å². The van der Waals surface area contributed by atoms with Crippen molar-refractivity contribution in [3.05, 3.63) is 29.8 Å². The predicted octanol–water partition coefficient (Wildman–Crippen LogP) is 1.48. The molecule has 1 amide bonds. The first-order valence-corrected chi connectivity index (χ1v) is 7.30. The van der Waals surface area contributed by atoms with Crippen LogP contribution in [0.25, 0.3) is 0 Å². The van der Waals surface area contributed by atoms with Crippen LogP contribution in [-0.2, 0) is 11.3 Å². The fourth-order valence-corrected chi connectivity index (χ4v) is 1.75. The molecule has 0 radical (unpaired) electrons. The minimum absolute atomic E-state index is 0.0782. The lowest BCUT2D eigenvalue weighted by Gasteiger charge is -2.14. The average molecular weight is 328 g/mol. The summed E-state index contributed by atoms with van der Waals surface area (Å²) in [5.74, 6) is 0.353. The second kappa shape index (κ2) is 10.4. The molecule has 0 saturated heterocycles. The van der Waals surface area contributed by atoms with Crippen molar-refractivity contribution in [2.75, 3.05) is 20.1 Å². The number of halogens is 2. The summed E-state index contributed by atoms with van der Waals surface area (Å²) >= 11 is 0. The number of carbonyl (C=O) groups excluding carboxylic acids is 1. The summed E-state index contributed by atoms with van der Waals surface area (Å²) in [6.45, 7) is 0.0160. The topological polar surface area (TPSA) is 74.8 Å². The number of amides is 1. The van der Waals surface area contributed by atoms with E-state index in [-0.39, 0.29) is 24.7 Å². The van der Waals surface area contributed by atoms with E-state index >= 15 is 0 Å². The van der Waals surface area contributed by atoms with Crippen LogP contribution in [0.3, 0.4) is 0 Å². The lowest BCUT2D eigenvalue weighted by atomic mass is 10.2. The van der Waals surface area contributed by atoms with Gasteiger partial charge in [-0.15, -0.1) is 0 Å². The Morgan fingerprint density at radius 1 is 1.26 bits per heavy atom. The molecule has 6 nitrogen and oxygen atoms in total. The van der Waals surface area contributed by atoms with Crippen LogP contribution in [-0.4, -0.2) is 38.6 Å². The Morgan fingerprint density at radius 2 is 2.00 bits per heavy atom. The number of guanidine groups is 1. The lowest BCUT2D eigenvalue weighted by molar-refractivity contribution is -0.120. The number of alkyl halides is 2. The number of hydrogen-bond acceptors (Lipinski definition) is 3. The van der Waals surface area contributed by atoms with Crippen molar-refractivity contribution in [2.24, 2.45) is 4.99 Å². The van der Waals surface area contributed by atoms with E-state index in [2.05, 4.69) is 25.7 Å². The quantitative estimate of drug-likeness (QED) is 0.499. The molecular weight excluding hydrogens is 306 g/mol. The molecule has 0 saturated carbocycles. The fourth-order valence-electron chi connectivity index (χ4n) is 1.75. The van der Waals surface area contributed by atoms with Gasteiger partial charge in [-0.2, -0.15) is 8.78 Å². The third kappa shape index (κ3) is 7.44.